The van der Waals surface area contributed by atoms with Gasteiger partial charge in [0, 0.05) is 25.0 Å². The highest BCUT2D eigenvalue weighted by molar-refractivity contribution is 5.78. The fourth-order valence-electron chi connectivity index (χ4n) is 3.74. The first-order valence-corrected chi connectivity index (χ1v) is 7.93. The molecule has 114 valence electrons. The Labute approximate surface area is 125 Å². The highest BCUT2D eigenvalue weighted by Gasteiger charge is 2.38. The van der Waals surface area contributed by atoms with E-state index in [2.05, 4.69) is 10.2 Å². The Morgan fingerprint density at radius 3 is 2.90 bits per heavy atom. The molecule has 3 rings (SSSR count). The van der Waals surface area contributed by atoms with Crippen LogP contribution in [0, 0.1) is 5.82 Å². The molecule has 1 aromatic rings. The summed E-state index contributed by atoms with van der Waals surface area (Å²) in [5.74, 6) is -0.102. The first kappa shape index (κ1) is 14.5. The first-order chi connectivity index (χ1) is 10.2. The van der Waals surface area contributed by atoms with E-state index in [0.29, 0.717) is 24.1 Å². The van der Waals surface area contributed by atoms with E-state index in [4.69, 9.17) is 0 Å². The van der Waals surface area contributed by atoms with Gasteiger partial charge in [0.25, 0.3) is 0 Å². The van der Waals surface area contributed by atoms with Gasteiger partial charge in [-0.05, 0) is 43.4 Å². The number of rotatable bonds is 3. The number of benzene rings is 1. The van der Waals surface area contributed by atoms with Crippen molar-refractivity contribution in [3.05, 3.63) is 35.6 Å². The van der Waals surface area contributed by atoms with Crippen LogP contribution >= 0.6 is 0 Å². The van der Waals surface area contributed by atoms with E-state index in [1.165, 1.54) is 6.07 Å². The van der Waals surface area contributed by atoms with Gasteiger partial charge in [-0.3, -0.25) is 4.79 Å². The first-order valence-electron chi connectivity index (χ1n) is 7.93. The predicted molar refractivity (Wildman–Crippen MR) is 80.6 cm³/mol. The summed E-state index contributed by atoms with van der Waals surface area (Å²) in [7, 11) is 0. The number of hydrogen-bond donors (Lipinski definition) is 1. The summed E-state index contributed by atoms with van der Waals surface area (Å²) in [4.78, 5) is 14.8. The minimum Gasteiger partial charge on any atom is -0.335 e. The third kappa shape index (κ3) is 2.95. The summed E-state index contributed by atoms with van der Waals surface area (Å²) in [5.41, 5.74) is 0.645. The van der Waals surface area contributed by atoms with Crippen molar-refractivity contribution >= 4 is 5.91 Å². The van der Waals surface area contributed by atoms with Gasteiger partial charge in [-0.2, -0.15) is 0 Å². The lowest BCUT2D eigenvalue weighted by Gasteiger charge is -2.29. The highest BCUT2D eigenvalue weighted by atomic mass is 19.1. The van der Waals surface area contributed by atoms with E-state index in [-0.39, 0.29) is 17.6 Å². The van der Waals surface area contributed by atoms with Crippen molar-refractivity contribution < 1.29 is 9.18 Å². The van der Waals surface area contributed by atoms with Gasteiger partial charge in [0.05, 0.1) is 0 Å². The van der Waals surface area contributed by atoms with Crippen molar-refractivity contribution in [3.63, 3.8) is 0 Å². The molecule has 2 aliphatic heterocycles. The van der Waals surface area contributed by atoms with Crippen LogP contribution in [0.25, 0.3) is 0 Å². The third-order valence-electron chi connectivity index (χ3n) is 4.86. The summed E-state index contributed by atoms with van der Waals surface area (Å²) in [6.45, 7) is 3.83. The lowest BCUT2D eigenvalue weighted by Crippen LogP contribution is -2.42. The fourth-order valence-corrected chi connectivity index (χ4v) is 3.74. The zero-order chi connectivity index (χ0) is 14.8. The fraction of sp³-hybridized carbons (Fsp3) is 0.588. The molecule has 0 spiro atoms. The van der Waals surface area contributed by atoms with Gasteiger partial charge in [0.1, 0.15) is 5.82 Å². The van der Waals surface area contributed by atoms with Crippen molar-refractivity contribution in [2.24, 2.45) is 0 Å². The van der Waals surface area contributed by atoms with Crippen LogP contribution < -0.4 is 5.32 Å². The standard InChI is InChI=1S/C17H23FN2O/c1-12(15-4-2-3-5-16(15)18)10-17(21)20-13-6-7-14(20)11-19-9-8-13/h2-5,12-14,19H,6-11H2,1H3. The lowest BCUT2D eigenvalue weighted by molar-refractivity contribution is -0.134. The van der Waals surface area contributed by atoms with Crippen molar-refractivity contribution in [3.8, 4) is 0 Å². The molecule has 2 bridgehead atoms. The Balaban J connectivity index is 1.70. The molecule has 0 aliphatic carbocycles. The number of halogens is 1. The van der Waals surface area contributed by atoms with E-state index < -0.39 is 0 Å². The smallest absolute Gasteiger partial charge is 0.223 e. The van der Waals surface area contributed by atoms with Crippen molar-refractivity contribution in [2.45, 2.75) is 50.6 Å². The summed E-state index contributed by atoms with van der Waals surface area (Å²) < 4.78 is 13.8. The molecule has 2 heterocycles. The van der Waals surface area contributed by atoms with Gasteiger partial charge < -0.3 is 10.2 Å². The van der Waals surface area contributed by atoms with E-state index in [1.54, 1.807) is 12.1 Å². The summed E-state index contributed by atoms with van der Waals surface area (Å²) in [6, 6.07) is 7.48. The van der Waals surface area contributed by atoms with Crippen LogP contribution in [0.2, 0.25) is 0 Å². The molecule has 2 fully saturated rings. The summed E-state index contributed by atoms with van der Waals surface area (Å²) in [6.07, 6.45) is 3.65. The van der Waals surface area contributed by atoms with Gasteiger partial charge in [-0.1, -0.05) is 25.1 Å². The Hall–Kier alpha value is -1.42. The van der Waals surface area contributed by atoms with E-state index >= 15 is 0 Å². The lowest BCUT2D eigenvalue weighted by atomic mass is 9.96. The third-order valence-corrected chi connectivity index (χ3v) is 4.86. The molecule has 4 heteroatoms. The van der Waals surface area contributed by atoms with E-state index in [1.807, 2.05) is 13.0 Å². The Bertz CT molecular complexity index is 505. The number of carbonyl (C=O) groups is 1. The topological polar surface area (TPSA) is 32.3 Å². The maximum atomic E-state index is 13.8. The molecular formula is C17H23FN2O. The Morgan fingerprint density at radius 2 is 2.10 bits per heavy atom. The second-order valence-electron chi connectivity index (χ2n) is 6.31. The quantitative estimate of drug-likeness (QED) is 0.928. The summed E-state index contributed by atoms with van der Waals surface area (Å²) >= 11 is 0. The van der Waals surface area contributed by atoms with Crippen LogP contribution in [0.1, 0.15) is 44.1 Å². The monoisotopic (exact) mass is 290 g/mol. The molecule has 1 amide bonds. The van der Waals surface area contributed by atoms with Gasteiger partial charge in [0.2, 0.25) is 5.91 Å². The van der Waals surface area contributed by atoms with Gasteiger partial charge in [0.15, 0.2) is 0 Å². The maximum absolute atomic E-state index is 13.8. The minimum atomic E-state index is -0.210. The Kier molecular flexibility index (Phi) is 4.24. The molecule has 2 aliphatic rings. The molecule has 0 aromatic heterocycles. The van der Waals surface area contributed by atoms with Crippen LogP contribution in [-0.2, 0) is 4.79 Å². The molecule has 3 atom stereocenters. The number of nitrogens with zero attached hydrogens (tertiary/aromatic N) is 1. The molecule has 3 unspecified atom stereocenters. The van der Waals surface area contributed by atoms with Crippen LogP contribution in [0.5, 0.6) is 0 Å². The van der Waals surface area contributed by atoms with E-state index in [9.17, 15) is 9.18 Å². The van der Waals surface area contributed by atoms with Gasteiger partial charge in [-0.15, -0.1) is 0 Å². The molecule has 0 radical (unpaired) electrons. The van der Waals surface area contributed by atoms with Crippen molar-refractivity contribution in [2.75, 3.05) is 13.1 Å². The second-order valence-corrected chi connectivity index (χ2v) is 6.31. The number of nitrogens with one attached hydrogen (secondary N) is 1. The van der Waals surface area contributed by atoms with Gasteiger partial charge >= 0.3 is 0 Å². The highest BCUT2D eigenvalue weighted by Crippen LogP contribution is 2.31. The van der Waals surface area contributed by atoms with Crippen molar-refractivity contribution in [1.82, 2.24) is 10.2 Å². The number of hydrogen-bond acceptors (Lipinski definition) is 2. The molecular weight excluding hydrogens is 267 g/mol. The largest absolute Gasteiger partial charge is 0.335 e. The van der Waals surface area contributed by atoms with Crippen LogP contribution in [0.15, 0.2) is 24.3 Å². The van der Waals surface area contributed by atoms with Crippen LogP contribution in [0.3, 0.4) is 0 Å². The number of amides is 1. The predicted octanol–water partition coefficient (Wildman–Crippen LogP) is 2.67. The zero-order valence-corrected chi connectivity index (χ0v) is 12.5. The van der Waals surface area contributed by atoms with E-state index in [0.717, 1.165) is 32.4 Å². The number of fused-ring (bicyclic) bond motifs is 2. The second kappa shape index (κ2) is 6.14. The molecule has 2 saturated heterocycles. The molecule has 3 nitrogen and oxygen atoms in total. The molecule has 21 heavy (non-hydrogen) atoms. The Morgan fingerprint density at radius 1 is 1.33 bits per heavy atom. The molecule has 1 aromatic carbocycles. The number of carbonyl (C=O) groups excluding carboxylic acids is 1. The average molecular weight is 290 g/mol. The maximum Gasteiger partial charge on any atom is 0.223 e. The summed E-state index contributed by atoms with van der Waals surface area (Å²) in [5, 5.41) is 3.40. The zero-order valence-electron chi connectivity index (χ0n) is 12.5. The average Bonchev–Trinajstić information content (AvgIpc) is 2.72. The SMILES string of the molecule is CC(CC(=O)N1C2CCNCC1CC2)c1ccccc1F. The molecule has 1 N–H and O–H groups in total. The van der Waals surface area contributed by atoms with Crippen LogP contribution in [-0.4, -0.2) is 36.0 Å². The van der Waals surface area contributed by atoms with Gasteiger partial charge in [-0.25, -0.2) is 4.39 Å². The van der Waals surface area contributed by atoms with Crippen LogP contribution in [0.4, 0.5) is 4.39 Å². The van der Waals surface area contributed by atoms with Crippen molar-refractivity contribution in [1.29, 1.82) is 0 Å². The molecule has 0 saturated carbocycles. The minimum absolute atomic E-state index is 0.0747. The normalized spacial score (nSPS) is 26.5.